The average molecular weight is 450 g/mol. The quantitative estimate of drug-likeness (QED) is 0.315. The fourth-order valence-corrected chi connectivity index (χ4v) is 5.01. The zero-order chi connectivity index (χ0) is 23.5. The Morgan fingerprint density at radius 3 is 1.94 bits per heavy atom. The molecule has 170 valence electrons. The summed E-state index contributed by atoms with van der Waals surface area (Å²) in [5.74, 6) is -0.866. The second-order valence-corrected chi connectivity index (χ2v) is 8.83. The van der Waals surface area contributed by atoms with E-state index in [1.807, 2.05) is 91.9 Å². The standard InChI is InChI=1S/C24H23NO2.C6H4O/c1-24(23(26)27,18-10-4-2-5-11-18)21-16-17-25(19-12-6-3-7-13-19)22-15-9-8-14-20(21)22;1-2-6-4-3-5(1)7-6/h2-15,21H,16-17H2,1H3,(H,26,27);1-4H. The maximum atomic E-state index is 12.5. The average Bonchev–Trinajstić information content (AvgIpc) is 3.55. The molecule has 4 nitrogen and oxygen atoms in total. The number of fused-ring (bicyclic) bond motifs is 3. The number of carboxylic acids is 1. The van der Waals surface area contributed by atoms with Gasteiger partial charge in [0.15, 0.2) is 0 Å². The van der Waals surface area contributed by atoms with Gasteiger partial charge in [0.05, 0.1) is 5.41 Å². The normalized spacial score (nSPS) is 16.9. The second kappa shape index (κ2) is 9.06. The number of carbonyl (C=O) groups is 1. The van der Waals surface area contributed by atoms with Crippen molar-refractivity contribution in [3.63, 3.8) is 0 Å². The molecule has 0 fully saturated rings. The zero-order valence-corrected chi connectivity index (χ0v) is 19.1. The minimum atomic E-state index is -0.972. The largest absolute Gasteiger partial charge is 0.481 e. The molecule has 2 bridgehead atoms. The summed E-state index contributed by atoms with van der Waals surface area (Å²) in [6, 6.07) is 35.9. The number of rotatable bonds is 4. The maximum Gasteiger partial charge on any atom is 0.314 e. The van der Waals surface area contributed by atoms with Crippen molar-refractivity contribution in [2.75, 3.05) is 11.4 Å². The Morgan fingerprint density at radius 1 is 0.824 bits per heavy atom. The van der Waals surface area contributed by atoms with E-state index >= 15 is 0 Å². The van der Waals surface area contributed by atoms with Crippen molar-refractivity contribution in [2.24, 2.45) is 0 Å². The lowest BCUT2D eigenvalue weighted by Crippen LogP contribution is -2.43. The fourth-order valence-electron chi connectivity index (χ4n) is 5.01. The molecular weight excluding hydrogens is 422 g/mol. The van der Waals surface area contributed by atoms with Crippen molar-refractivity contribution in [1.82, 2.24) is 0 Å². The van der Waals surface area contributed by atoms with Crippen LogP contribution in [0.4, 0.5) is 11.4 Å². The van der Waals surface area contributed by atoms with E-state index in [1.165, 1.54) is 0 Å². The number of benzene rings is 4. The molecule has 0 saturated heterocycles. The zero-order valence-electron chi connectivity index (χ0n) is 19.1. The van der Waals surface area contributed by atoms with Crippen molar-refractivity contribution in [3.8, 4) is 0 Å². The third-order valence-corrected chi connectivity index (χ3v) is 6.89. The highest BCUT2D eigenvalue weighted by Crippen LogP contribution is 2.48. The van der Waals surface area contributed by atoms with E-state index in [9.17, 15) is 9.90 Å². The smallest absolute Gasteiger partial charge is 0.314 e. The van der Waals surface area contributed by atoms with Gasteiger partial charge in [-0.15, -0.1) is 0 Å². The van der Waals surface area contributed by atoms with E-state index in [1.54, 1.807) is 0 Å². The first-order valence-corrected chi connectivity index (χ1v) is 11.6. The van der Waals surface area contributed by atoms with Crippen LogP contribution < -0.4 is 4.90 Å². The van der Waals surface area contributed by atoms with Gasteiger partial charge in [-0.25, -0.2) is 0 Å². The highest BCUT2D eigenvalue weighted by Gasteiger charge is 2.46. The highest BCUT2D eigenvalue weighted by molar-refractivity contribution is 5.84. The number of nitrogens with zero attached hydrogens (tertiary/aromatic N) is 1. The van der Waals surface area contributed by atoms with Gasteiger partial charge in [-0.2, -0.15) is 0 Å². The predicted octanol–water partition coefficient (Wildman–Crippen LogP) is 7.23. The van der Waals surface area contributed by atoms with E-state index < -0.39 is 11.4 Å². The van der Waals surface area contributed by atoms with Crippen molar-refractivity contribution < 1.29 is 14.3 Å². The second-order valence-electron chi connectivity index (χ2n) is 8.83. The molecule has 3 aromatic carbocycles. The lowest BCUT2D eigenvalue weighted by atomic mass is 9.66. The van der Waals surface area contributed by atoms with Crippen molar-refractivity contribution in [1.29, 1.82) is 0 Å². The monoisotopic (exact) mass is 449 g/mol. The van der Waals surface area contributed by atoms with Crippen LogP contribution >= 0.6 is 0 Å². The molecule has 1 aliphatic heterocycles. The number of hydrogen-bond donors (Lipinski definition) is 1. The Kier molecular flexibility index (Phi) is 5.81. The molecule has 2 unspecified atom stereocenters. The molecule has 2 aromatic heterocycles. The van der Waals surface area contributed by atoms with E-state index in [0.29, 0.717) is 0 Å². The van der Waals surface area contributed by atoms with E-state index in [2.05, 4.69) is 29.2 Å². The SMILES string of the molecule is CC(C(=O)O)(c1ccccc1)C1CCN(c2ccccc2)c2ccccc21.c1cc2ccc1o2. The summed E-state index contributed by atoms with van der Waals surface area (Å²) in [5, 5.41) is 10.2. The van der Waals surface area contributed by atoms with Gasteiger partial charge in [-0.1, -0.05) is 66.7 Å². The molecule has 34 heavy (non-hydrogen) atoms. The number of carboxylic acid groups (broad SMARTS) is 1. The molecule has 5 aromatic rings. The first kappa shape index (κ1) is 21.8. The highest BCUT2D eigenvalue weighted by atomic mass is 16.4. The van der Waals surface area contributed by atoms with Gasteiger partial charge in [0.2, 0.25) is 0 Å². The topological polar surface area (TPSA) is 53.7 Å². The molecule has 0 amide bonds. The molecule has 0 radical (unpaired) electrons. The molecular formula is C30H27NO3. The van der Waals surface area contributed by atoms with Gasteiger partial charge in [0.25, 0.3) is 0 Å². The van der Waals surface area contributed by atoms with Crippen LogP contribution in [0.25, 0.3) is 11.2 Å². The minimum absolute atomic E-state index is 0.0893. The van der Waals surface area contributed by atoms with Crippen molar-refractivity contribution >= 4 is 28.5 Å². The summed E-state index contributed by atoms with van der Waals surface area (Å²) in [6.07, 6.45) is 0.781. The fraction of sp³-hybridized carbons (Fsp3) is 0.167. The van der Waals surface area contributed by atoms with E-state index in [0.717, 1.165) is 46.6 Å². The van der Waals surface area contributed by atoms with Gasteiger partial charge in [-0.05, 0) is 66.9 Å². The van der Waals surface area contributed by atoms with Crippen LogP contribution in [0.3, 0.4) is 0 Å². The summed E-state index contributed by atoms with van der Waals surface area (Å²) < 4.78 is 5.08. The van der Waals surface area contributed by atoms with Crippen LogP contribution in [-0.4, -0.2) is 17.6 Å². The number of aliphatic carboxylic acids is 1. The Labute approximate surface area is 199 Å². The van der Waals surface area contributed by atoms with Crippen molar-refractivity contribution in [3.05, 3.63) is 120 Å². The summed E-state index contributed by atoms with van der Waals surface area (Å²) in [6.45, 7) is 2.66. The van der Waals surface area contributed by atoms with Crippen LogP contribution in [0.15, 0.2) is 114 Å². The summed E-state index contributed by atoms with van der Waals surface area (Å²) in [7, 11) is 0. The maximum absolute atomic E-state index is 12.5. The Bertz CT molecular complexity index is 1320. The lowest BCUT2D eigenvalue weighted by molar-refractivity contribution is -0.144. The van der Waals surface area contributed by atoms with Gasteiger partial charge in [0, 0.05) is 23.8 Å². The van der Waals surface area contributed by atoms with Gasteiger partial charge < -0.3 is 14.4 Å². The van der Waals surface area contributed by atoms with Crippen LogP contribution in [0.1, 0.15) is 30.4 Å². The first-order chi connectivity index (χ1) is 16.6. The molecule has 0 spiro atoms. The van der Waals surface area contributed by atoms with Crippen LogP contribution in [0.5, 0.6) is 0 Å². The lowest BCUT2D eigenvalue weighted by Gasteiger charge is -2.42. The Hall–Kier alpha value is -4.05. The van der Waals surface area contributed by atoms with Crippen molar-refractivity contribution in [2.45, 2.75) is 24.7 Å². The number of para-hydroxylation sites is 2. The molecule has 2 atom stereocenters. The molecule has 0 saturated carbocycles. The summed E-state index contributed by atoms with van der Waals surface area (Å²) in [5.41, 5.74) is 5.15. The summed E-state index contributed by atoms with van der Waals surface area (Å²) in [4.78, 5) is 14.8. The Balaban J connectivity index is 0.000000290. The molecule has 1 N–H and O–H groups in total. The van der Waals surface area contributed by atoms with Gasteiger partial charge in [-0.3, -0.25) is 4.79 Å². The third kappa shape index (κ3) is 3.92. The summed E-state index contributed by atoms with van der Waals surface area (Å²) >= 11 is 0. The van der Waals surface area contributed by atoms with E-state index in [-0.39, 0.29) is 5.92 Å². The first-order valence-electron chi connectivity index (χ1n) is 11.6. The number of hydrogen-bond acceptors (Lipinski definition) is 3. The Morgan fingerprint density at radius 2 is 1.38 bits per heavy atom. The van der Waals surface area contributed by atoms with Crippen LogP contribution in [0, 0.1) is 0 Å². The third-order valence-electron chi connectivity index (χ3n) is 6.89. The molecule has 6 rings (SSSR count). The van der Waals surface area contributed by atoms with Crippen LogP contribution in [0.2, 0.25) is 0 Å². The molecule has 1 aliphatic rings. The number of anilines is 2. The molecule has 4 heteroatoms. The predicted molar refractivity (Wildman–Crippen MR) is 136 cm³/mol. The number of furan rings is 2. The van der Waals surface area contributed by atoms with Crippen LogP contribution in [-0.2, 0) is 10.2 Å². The minimum Gasteiger partial charge on any atom is -0.481 e. The van der Waals surface area contributed by atoms with Gasteiger partial charge in [0.1, 0.15) is 11.2 Å². The molecule has 0 aliphatic carbocycles. The van der Waals surface area contributed by atoms with Gasteiger partial charge >= 0.3 is 5.97 Å². The van der Waals surface area contributed by atoms with E-state index in [4.69, 9.17) is 4.42 Å². The molecule has 3 heterocycles.